The minimum Gasteiger partial charge on any atom is -0.307 e. The van der Waals surface area contributed by atoms with E-state index in [2.05, 4.69) is 63.3 Å². The van der Waals surface area contributed by atoms with Crippen LogP contribution in [0.5, 0.6) is 0 Å². The Morgan fingerprint density at radius 1 is 1.15 bits per heavy atom. The van der Waals surface area contributed by atoms with Gasteiger partial charge < -0.3 is 5.32 Å². The molecule has 0 saturated heterocycles. The van der Waals surface area contributed by atoms with Crippen LogP contribution in [0.15, 0.2) is 30.3 Å². The highest BCUT2D eigenvalue weighted by Gasteiger charge is 2.29. The monoisotopic (exact) mass is 273 g/mol. The van der Waals surface area contributed by atoms with Crippen molar-refractivity contribution < 1.29 is 0 Å². The van der Waals surface area contributed by atoms with E-state index in [1.54, 1.807) is 0 Å². The first kappa shape index (κ1) is 15.6. The smallest absolute Gasteiger partial charge is 0.0327 e. The van der Waals surface area contributed by atoms with Gasteiger partial charge >= 0.3 is 0 Å². The van der Waals surface area contributed by atoms with Crippen molar-refractivity contribution in [2.24, 2.45) is 11.3 Å². The Bertz CT molecular complexity index is 390. The molecule has 1 aromatic rings. The third kappa shape index (κ3) is 4.34. The first-order chi connectivity index (χ1) is 9.49. The van der Waals surface area contributed by atoms with Crippen molar-refractivity contribution in [3.8, 4) is 0 Å². The van der Waals surface area contributed by atoms with Crippen molar-refractivity contribution in [3.63, 3.8) is 0 Å². The molecule has 1 saturated carbocycles. The number of rotatable bonds is 5. The molecule has 3 atom stereocenters. The lowest BCUT2D eigenvalue weighted by Crippen LogP contribution is -2.37. The number of hydrogen-bond donors (Lipinski definition) is 1. The van der Waals surface area contributed by atoms with Crippen LogP contribution in [0.1, 0.15) is 71.4 Å². The molecule has 0 radical (unpaired) electrons. The standard InChI is InChI=1S/C19H31N/c1-5-15-12-9-13-17(15)20-18(14-19(2,3)4)16-10-7-6-8-11-16/h6-8,10-11,15,17-18,20H,5,9,12-14H2,1-4H3. The molecule has 1 aromatic carbocycles. The minimum atomic E-state index is 0.355. The highest BCUT2D eigenvalue weighted by Crippen LogP contribution is 2.34. The van der Waals surface area contributed by atoms with Crippen LogP contribution >= 0.6 is 0 Å². The number of hydrogen-bond acceptors (Lipinski definition) is 1. The van der Waals surface area contributed by atoms with Gasteiger partial charge in [0.1, 0.15) is 0 Å². The molecule has 0 heterocycles. The Labute approximate surface area is 125 Å². The summed E-state index contributed by atoms with van der Waals surface area (Å²) in [7, 11) is 0. The predicted molar refractivity (Wildman–Crippen MR) is 87.8 cm³/mol. The quantitative estimate of drug-likeness (QED) is 0.764. The van der Waals surface area contributed by atoms with Gasteiger partial charge in [0, 0.05) is 12.1 Å². The van der Waals surface area contributed by atoms with Gasteiger partial charge in [0.15, 0.2) is 0 Å². The maximum absolute atomic E-state index is 3.99. The zero-order valence-corrected chi connectivity index (χ0v) is 13.7. The molecule has 0 bridgehead atoms. The SMILES string of the molecule is CCC1CCCC1NC(CC(C)(C)C)c1ccccc1. The third-order valence-corrected chi connectivity index (χ3v) is 4.62. The van der Waals surface area contributed by atoms with Gasteiger partial charge in [-0.2, -0.15) is 0 Å². The van der Waals surface area contributed by atoms with Crippen molar-refractivity contribution >= 4 is 0 Å². The van der Waals surface area contributed by atoms with Gasteiger partial charge in [-0.25, -0.2) is 0 Å². The predicted octanol–water partition coefficient (Wildman–Crippen LogP) is 5.33. The van der Waals surface area contributed by atoms with Crippen LogP contribution < -0.4 is 5.32 Å². The van der Waals surface area contributed by atoms with Gasteiger partial charge in [-0.15, -0.1) is 0 Å². The highest BCUT2D eigenvalue weighted by molar-refractivity contribution is 5.19. The van der Waals surface area contributed by atoms with Gasteiger partial charge in [0.05, 0.1) is 0 Å². The fraction of sp³-hybridized carbons (Fsp3) is 0.684. The molecule has 3 unspecified atom stereocenters. The second-order valence-corrected chi connectivity index (χ2v) is 7.60. The molecule has 0 amide bonds. The average molecular weight is 273 g/mol. The van der Waals surface area contributed by atoms with Crippen molar-refractivity contribution in [3.05, 3.63) is 35.9 Å². The van der Waals surface area contributed by atoms with E-state index in [4.69, 9.17) is 0 Å². The topological polar surface area (TPSA) is 12.0 Å². The van der Waals surface area contributed by atoms with Crippen LogP contribution in [0.25, 0.3) is 0 Å². The molecule has 1 N–H and O–H groups in total. The van der Waals surface area contributed by atoms with Crippen LogP contribution in [0, 0.1) is 11.3 Å². The maximum atomic E-state index is 3.99. The molecule has 112 valence electrons. The zero-order valence-electron chi connectivity index (χ0n) is 13.7. The van der Waals surface area contributed by atoms with Crippen LogP contribution in [-0.4, -0.2) is 6.04 Å². The average Bonchev–Trinajstić information content (AvgIpc) is 2.85. The number of benzene rings is 1. The van der Waals surface area contributed by atoms with E-state index in [1.807, 2.05) is 0 Å². The molecule has 1 aliphatic carbocycles. The molecule has 0 aromatic heterocycles. The summed E-state index contributed by atoms with van der Waals surface area (Å²) in [5, 5.41) is 3.99. The summed E-state index contributed by atoms with van der Waals surface area (Å²) < 4.78 is 0. The fourth-order valence-electron chi connectivity index (χ4n) is 3.57. The summed E-state index contributed by atoms with van der Waals surface area (Å²) in [5.74, 6) is 0.876. The molecule has 0 aliphatic heterocycles. The van der Waals surface area contributed by atoms with Gasteiger partial charge in [-0.1, -0.05) is 70.9 Å². The highest BCUT2D eigenvalue weighted by atomic mass is 15.0. The van der Waals surface area contributed by atoms with Crippen LogP contribution in [-0.2, 0) is 0 Å². The Balaban J connectivity index is 2.10. The molecule has 1 nitrogen and oxygen atoms in total. The molecule has 1 fully saturated rings. The molecular formula is C19H31N. The van der Waals surface area contributed by atoms with Crippen molar-refractivity contribution in [1.29, 1.82) is 0 Å². The molecule has 1 aliphatic rings. The molecule has 0 spiro atoms. The fourth-order valence-corrected chi connectivity index (χ4v) is 3.57. The summed E-state index contributed by atoms with van der Waals surface area (Å²) in [6.07, 6.45) is 6.67. The van der Waals surface area contributed by atoms with E-state index in [0.29, 0.717) is 17.5 Å². The lowest BCUT2D eigenvalue weighted by molar-refractivity contribution is 0.270. The summed E-state index contributed by atoms with van der Waals surface area (Å²) >= 11 is 0. The van der Waals surface area contributed by atoms with Crippen LogP contribution in [0.2, 0.25) is 0 Å². The summed E-state index contributed by atoms with van der Waals surface area (Å²) in [6, 6.07) is 12.2. The van der Waals surface area contributed by atoms with Gasteiger partial charge in [-0.3, -0.25) is 0 Å². The Morgan fingerprint density at radius 2 is 1.85 bits per heavy atom. The van der Waals surface area contributed by atoms with Gasteiger partial charge in [0.25, 0.3) is 0 Å². The van der Waals surface area contributed by atoms with E-state index in [9.17, 15) is 0 Å². The Hall–Kier alpha value is -0.820. The molecular weight excluding hydrogens is 242 g/mol. The Morgan fingerprint density at radius 3 is 2.45 bits per heavy atom. The molecule has 20 heavy (non-hydrogen) atoms. The second-order valence-electron chi connectivity index (χ2n) is 7.60. The van der Waals surface area contributed by atoms with Crippen molar-refractivity contribution in [2.45, 2.75) is 71.9 Å². The number of nitrogens with one attached hydrogen (secondary N) is 1. The molecule has 1 heteroatoms. The van der Waals surface area contributed by atoms with Crippen LogP contribution in [0.4, 0.5) is 0 Å². The molecule has 2 rings (SSSR count). The van der Waals surface area contributed by atoms with Gasteiger partial charge in [-0.05, 0) is 36.2 Å². The largest absolute Gasteiger partial charge is 0.307 e. The van der Waals surface area contributed by atoms with E-state index in [1.165, 1.54) is 37.7 Å². The lowest BCUT2D eigenvalue weighted by atomic mass is 9.84. The summed E-state index contributed by atoms with van der Waals surface area (Å²) in [4.78, 5) is 0. The van der Waals surface area contributed by atoms with Gasteiger partial charge in [0.2, 0.25) is 0 Å². The summed E-state index contributed by atoms with van der Waals surface area (Å²) in [6.45, 7) is 9.37. The normalized spacial score (nSPS) is 24.8. The Kier molecular flexibility index (Phi) is 5.26. The lowest BCUT2D eigenvalue weighted by Gasteiger charge is -2.31. The van der Waals surface area contributed by atoms with E-state index in [0.717, 1.165) is 5.92 Å². The second kappa shape index (κ2) is 6.76. The van der Waals surface area contributed by atoms with Crippen LogP contribution in [0.3, 0.4) is 0 Å². The third-order valence-electron chi connectivity index (χ3n) is 4.62. The van der Waals surface area contributed by atoms with E-state index in [-0.39, 0.29) is 0 Å². The first-order valence-electron chi connectivity index (χ1n) is 8.30. The minimum absolute atomic E-state index is 0.355. The first-order valence-corrected chi connectivity index (χ1v) is 8.30. The van der Waals surface area contributed by atoms with Crippen molar-refractivity contribution in [2.75, 3.05) is 0 Å². The van der Waals surface area contributed by atoms with E-state index < -0.39 is 0 Å². The van der Waals surface area contributed by atoms with E-state index >= 15 is 0 Å². The maximum Gasteiger partial charge on any atom is 0.0327 e. The zero-order chi connectivity index (χ0) is 14.6. The van der Waals surface area contributed by atoms with Crippen molar-refractivity contribution in [1.82, 2.24) is 5.32 Å². The summed E-state index contributed by atoms with van der Waals surface area (Å²) in [5.41, 5.74) is 1.80.